The van der Waals surface area contributed by atoms with Crippen LogP contribution in [0.3, 0.4) is 0 Å². The summed E-state index contributed by atoms with van der Waals surface area (Å²) < 4.78 is 6.96. The molecule has 2 amide bonds. The van der Waals surface area contributed by atoms with Gasteiger partial charge in [0.1, 0.15) is 11.8 Å². The molecule has 1 atom stereocenters. The molecule has 3 aromatic rings. The van der Waals surface area contributed by atoms with Gasteiger partial charge in [0.15, 0.2) is 6.61 Å². The first kappa shape index (κ1) is 27.5. The highest BCUT2D eigenvalue weighted by Gasteiger charge is 2.32. The van der Waals surface area contributed by atoms with Crippen LogP contribution in [0.25, 0.3) is 0 Å². The van der Waals surface area contributed by atoms with Gasteiger partial charge in [-0.3, -0.25) is 9.59 Å². The SMILES string of the molecule is Cc1cc(OCC(=O)N(Cc2ccccc2)[C@@H](Cc2ccccc2)C(=O)NC(C)(C)C)cc(C)c1Br. The number of aryl methyl sites for hydroxylation is 2. The van der Waals surface area contributed by atoms with Crippen molar-refractivity contribution in [2.45, 2.75) is 59.2 Å². The van der Waals surface area contributed by atoms with Gasteiger partial charge in [0.2, 0.25) is 5.91 Å². The Labute approximate surface area is 223 Å². The molecule has 5 nitrogen and oxygen atoms in total. The van der Waals surface area contributed by atoms with Crippen LogP contribution in [0.15, 0.2) is 77.3 Å². The number of ether oxygens (including phenoxy) is 1. The third-order valence-electron chi connectivity index (χ3n) is 5.74. The van der Waals surface area contributed by atoms with Gasteiger partial charge in [-0.1, -0.05) is 76.6 Å². The monoisotopic (exact) mass is 550 g/mol. The van der Waals surface area contributed by atoms with Crippen molar-refractivity contribution in [3.05, 3.63) is 99.5 Å². The Morgan fingerprint density at radius 3 is 1.97 bits per heavy atom. The molecular weight excluding hydrogens is 516 g/mol. The van der Waals surface area contributed by atoms with Crippen LogP contribution >= 0.6 is 15.9 Å². The average Bonchev–Trinajstić information content (AvgIpc) is 2.83. The molecule has 0 saturated heterocycles. The lowest BCUT2D eigenvalue weighted by Gasteiger charge is -2.33. The number of hydrogen-bond acceptors (Lipinski definition) is 3. The molecule has 0 aliphatic heterocycles. The molecule has 190 valence electrons. The van der Waals surface area contributed by atoms with Crippen LogP contribution in [0.2, 0.25) is 0 Å². The number of halogens is 1. The Bertz CT molecular complexity index is 1150. The third kappa shape index (κ3) is 7.95. The summed E-state index contributed by atoms with van der Waals surface area (Å²) in [4.78, 5) is 28.9. The zero-order valence-electron chi connectivity index (χ0n) is 21.7. The Morgan fingerprint density at radius 1 is 0.917 bits per heavy atom. The molecule has 0 heterocycles. The molecule has 0 unspecified atom stereocenters. The summed E-state index contributed by atoms with van der Waals surface area (Å²) in [7, 11) is 0. The summed E-state index contributed by atoms with van der Waals surface area (Å²) in [5.41, 5.74) is 3.56. The van der Waals surface area contributed by atoms with E-state index in [1.165, 1.54) is 0 Å². The van der Waals surface area contributed by atoms with Gasteiger partial charge >= 0.3 is 0 Å². The molecule has 1 N–H and O–H groups in total. The predicted molar refractivity (Wildman–Crippen MR) is 148 cm³/mol. The minimum Gasteiger partial charge on any atom is -0.484 e. The summed E-state index contributed by atoms with van der Waals surface area (Å²) in [5.74, 6) is 0.188. The maximum absolute atomic E-state index is 13.7. The maximum atomic E-state index is 13.7. The largest absolute Gasteiger partial charge is 0.484 e. The summed E-state index contributed by atoms with van der Waals surface area (Å²) in [5, 5.41) is 3.08. The second-order valence-corrected chi connectivity index (χ2v) is 10.9. The summed E-state index contributed by atoms with van der Waals surface area (Å²) in [6.45, 7) is 9.93. The highest BCUT2D eigenvalue weighted by Crippen LogP contribution is 2.26. The van der Waals surface area contributed by atoms with Gasteiger partial charge in [-0.2, -0.15) is 0 Å². The van der Waals surface area contributed by atoms with Gasteiger partial charge in [-0.25, -0.2) is 0 Å². The molecule has 0 spiro atoms. The fraction of sp³-hybridized carbons (Fsp3) is 0.333. The van der Waals surface area contributed by atoms with E-state index in [1.54, 1.807) is 4.90 Å². The van der Waals surface area contributed by atoms with Crippen molar-refractivity contribution in [1.82, 2.24) is 10.2 Å². The standard InChI is InChI=1S/C30H35BrN2O3/c1-21-16-25(17-22(2)28(21)31)36-20-27(34)33(19-24-14-10-7-11-15-24)26(29(35)32-30(3,4)5)18-23-12-8-6-9-13-23/h6-17,26H,18-20H2,1-5H3,(H,32,35)/t26-/m0/s1. The zero-order chi connectivity index (χ0) is 26.3. The van der Waals surface area contributed by atoms with Gasteiger partial charge < -0.3 is 15.0 Å². The van der Waals surface area contributed by atoms with E-state index in [0.717, 1.165) is 26.7 Å². The van der Waals surface area contributed by atoms with Crippen molar-refractivity contribution in [3.8, 4) is 5.75 Å². The average molecular weight is 552 g/mol. The van der Waals surface area contributed by atoms with Crippen molar-refractivity contribution in [3.63, 3.8) is 0 Å². The number of carbonyl (C=O) groups is 2. The van der Waals surface area contributed by atoms with Gasteiger partial charge in [0, 0.05) is 23.0 Å². The van der Waals surface area contributed by atoms with Crippen LogP contribution in [0.5, 0.6) is 5.75 Å². The second-order valence-electron chi connectivity index (χ2n) is 10.1. The van der Waals surface area contributed by atoms with E-state index in [-0.39, 0.29) is 18.4 Å². The fourth-order valence-corrected chi connectivity index (χ4v) is 4.23. The lowest BCUT2D eigenvalue weighted by atomic mass is 10.0. The Hall–Kier alpha value is -3.12. The molecule has 0 bridgehead atoms. The van der Waals surface area contributed by atoms with E-state index in [0.29, 0.717) is 18.7 Å². The van der Waals surface area contributed by atoms with Gasteiger partial charge in [-0.15, -0.1) is 0 Å². The summed E-state index contributed by atoms with van der Waals surface area (Å²) in [6.07, 6.45) is 0.401. The molecule has 0 radical (unpaired) electrons. The molecule has 3 aromatic carbocycles. The first-order chi connectivity index (χ1) is 17.0. The van der Waals surface area contributed by atoms with Crippen molar-refractivity contribution in [1.29, 1.82) is 0 Å². The molecule has 0 saturated carbocycles. The lowest BCUT2D eigenvalue weighted by molar-refractivity contribution is -0.143. The highest BCUT2D eigenvalue weighted by atomic mass is 79.9. The molecule has 3 rings (SSSR count). The van der Waals surface area contributed by atoms with Crippen LogP contribution in [0, 0.1) is 13.8 Å². The maximum Gasteiger partial charge on any atom is 0.261 e. The van der Waals surface area contributed by atoms with Crippen molar-refractivity contribution in [2.24, 2.45) is 0 Å². The number of carbonyl (C=O) groups excluding carboxylic acids is 2. The minimum atomic E-state index is -0.698. The van der Waals surface area contributed by atoms with Crippen molar-refractivity contribution >= 4 is 27.7 Å². The molecule has 0 aromatic heterocycles. The summed E-state index contributed by atoms with van der Waals surface area (Å²) >= 11 is 3.57. The second kappa shape index (κ2) is 12.2. The van der Waals surface area contributed by atoms with Crippen LogP contribution in [0.4, 0.5) is 0 Å². The fourth-order valence-electron chi connectivity index (χ4n) is 4.00. The van der Waals surface area contributed by atoms with Crippen LogP contribution in [0.1, 0.15) is 43.0 Å². The van der Waals surface area contributed by atoms with E-state index in [1.807, 2.05) is 107 Å². The smallest absolute Gasteiger partial charge is 0.261 e. The molecule has 0 fully saturated rings. The predicted octanol–water partition coefficient (Wildman–Crippen LogP) is 6.00. The topological polar surface area (TPSA) is 58.6 Å². The first-order valence-corrected chi connectivity index (χ1v) is 12.9. The van der Waals surface area contributed by atoms with E-state index >= 15 is 0 Å². The van der Waals surface area contributed by atoms with E-state index in [4.69, 9.17) is 4.74 Å². The number of rotatable bonds is 9. The quantitative estimate of drug-likeness (QED) is 0.355. The highest BCUT2D eigenvalue weighted by molar-refractivity contribution is 9.10. The first-order valence-electron chi connectivity index (χ1n) is 12.1. The zero-order valence-corrected chi connectivity index (χ0v) is 23.3. The normalized spacial score (nSPS) is 12.1. The number of benzene rings is 3. The number of hydrogen-bond donors (Lipinski definition) is 1. The van der Waals surface area contributed by atoms with Gasteiger partial charge in [0.25, 0.3) is 5.91 Å². The Balaban J connectivity index is 1.92. The van der Waals surface area contributed by atoms with E-state index in [9.17, 15) is 9.59 Å². The number of amides is 2. The lowest BCUT2D eigenvalue weighted by Crippen LogP contribution is -2.55. The van der Waals surface area contributed by atoms with Crippen LogP contribution in [-0.4, -0.2) is 34.9 Å². The molecular formula is C30H35BrN2O3. The van der Waals surface area contributed by atoms with Crippen LogP contribution in [-0.2, 0) is 22.6 Å². The molecule has 6 heteroatoms. The van der Waals surface area contributed by atoms with E-state index in [2.05, 4.69) is 21.2 Å². The number of nitrogens with zero attached hydrogens (tertiary/aromatic N) is 1. The van der Waals surface area contributed by atoms with E-state index < -0.39 is 11.6 Å². The minimum absolute atomic E-state index is 0.165. The Kier molecular flexibility index (Phi) is 9.32. The van der Waals surface area contributed by atoms with Crippen LogP contribution < -0.4 is 10.1 Å². The summed E-state index contributed by atoms with van der Waals surface area (Å²) in [6, 6.07) is 22.6. The van der Waals surface area contributed by atoms with Gasteiger partial charge in [-0.05, 0) is 69.0 Å². The Morgan fingerprint density at radius 2 is 1.44 bits per heavy atom. The van der Waals surface area contributed by atoms with Crippen molar-refractivity contribution in [2.75, 3.05) is 6.61 Å². The van der Waals surface area contributed by atoms with Gasteiger partial charge in [0.05, 0.1) is 0 Å². The number of nitrogens with one attached hydrogen (secondary N) is 1. The third-order valence-corrected chi connectivity index (χ3v) is 6.99. The molecule has 0 aliphatic carbocycles. The van der Waals surface area contributed by atoms with Crippen molar-refractivity contribution < 1.29 is 14.3 Å². The molecule has 0 aliphatic rings. The molecule has 36 heavy (non-hydrogen) atoms.